The van der Waals surface area contributed by atoms with Gasteiger partial charge >= 0.3 is 0 Å². The molecule has 0 bridgehead atoms. The summed E-state index contributed by atoms with van der Waals surface area (Å²) in [5.74, 6) is 1.73. The van der Waals surface area contributed by atoms with Crippen LogP contribution in [-0.2, 0) is 11.3 Å². The van der Waals surface area contributed by atoms with Crippen LogP contribution in [0, 0.1) is 0 Å². The molecule has 190 valence electrons. The van der Waals surface area contributed by atoms with Crippen LogP contribution in [0.3, 0.4) is 0 Å². The third-order valence-electron chi connectivity index (χ3n) is 6.33. The molecule has 1 amide bonds. The van der Waals surface area contributed by atoms with E-state index < -0.39 is 14.2 Å². The Hall–Kier alpha value is -3.31. The number of carbonyl (C=O) groups is 1. The molecule has 0 radical (unpaired) electrons. The number of aromatic nitrogens is 4. The molecule has 0 unspecified atom stereocenters. The van der Waals surface area contributed by atoms with Gasteiger partial charge in [0.25, 0.3) is 5.91 Å². The second-order valence-electron chi connectivity index (χ2n) is 10.4. The van der Waals surface area contributed by atoms with Crippen LogP contribution in [0.15, 0.2) is 42.9 Å². The number of alkyl halides is 1. The fourth-order valence-corrected chi connectivity index (χ4v) is 4.94. The van der Waals surface area contributed by atoms with Gasteiger partial charge in [0.15, 0.2) is 6.79 Å². The SMILES string of the molecule is C[Si](C)(C)CCOCOc1ccc(N2Cc3nn(-c4ccc(N5CC[C@@H](F)C5)nc4)cc3C2=O)nc1. The Morgan fingerprint density at radius 1 is 1.11 bits per heavy atom. The molecule has 3 aromatic rings. The monoisotopic (exact) mass is 510 g/mol. The second kappa shape index (κ2) is 9.98. The summed E-state index contributed by atoms with van der Waals surface area (Å²) in [4.78, 5) is 25.4. The van der Waals surface area contributed by atoms with Crippen LogP contribution in [0.2, 0.25) is 25.7 Å². The molecule has 3 aromatic heterocycles. The first-order valence-corrected chi connectivity index (χ1v) is 15.9. The maximum absolute atomic E-state index is 13.5. The van der Waals surface area contributed by atoms with E-state index in [1.807, 2.05) is 17.0 Å². The molecule has 36 heavy (non-hydrogen) atoms. The lowest BCUT2D eigenvalue weighted by Gasteiger charge is -2.17. The maximum atomic E-state index is 13.5. The van der Waals surface area contributed by atoms with Crippen molar-refractivity contribution in [1.82, 2.24) is 19.7 Å². The van der Waals surface area contributed by atoms with Crippen LogP contribution in [0.5, 0.6) is 5.75 Å². The van der Waals surface area contributed by atoms with Crippen molar-refractivity contribution in [2.75, 3.05) is 36.3 Å². The highest BCUT2D eigenvalue weighted by atomic mass is 28.3. The average molecular weight is 511 g/mol. The summed E-state index contributed by atoms with van der Waals surface area (Å²) < 4.78 is 26.3. The van der Waals surface area contributed by atoms with E-state index in [0.29, 0.717) is 55.5 Å². The van der Waals surface area contributed by atoms with Gasteiger partial charge < -0.3 is 14.4 Å². The van der Waals surface area contributed by atoms with Gasteiger partial charge in [-0.2, -0.15) is 5.10 Å². The fourth-order valence-electron chi connectivity index (χ4n) is 4.18. The summed E-state index contributed by atoms with van der Waals surface area (Å²) in [5, 5.41) is 4.59. The number of anilines is 2. The number of halogens is 1. The molecular formula is C25H31FN6O3Si. The molecule has 11 heteroatoms. The van der Waals surface area contributed by atoms with Crippen molar-refractivity contribution >= 4 is 25.6 Å². The van der Waals surface area contributed by atoms with Gasteiger partial charge in [-0.15, -0.1) is 0 Å². The lowest BCUT2D eigenvalue weighted by molar-refractivity contribution is 0.0218. The van der Waals surface area contributed by atoms with Crippen molar-refractivity contribution in [3.8, 4) is 11.4 Å². The molecule has 0 saturated carbocycles. The molecule has 9 nitrogen and oxygen atoms in total. The zero-order chi connectivity index (χ0) is 25.3. The van der Waals surface area contributed by atoms with E-state index in [1.54, 1.807) is 40.3 Å². The zero-order valence-electron chi connectivity index (χ0n) is 20.9. The van der Waals surface area contributed by atoms with Crippen LogP contribution in [0.25, 0.3) is 5.69 Å². The number of hydrogen-bond donors (Lipinski definition) is 0. The summed E-state index contributed by atoms with van der Waals surface area (Å²) in [6.45, 7) is 9.17. The average Bonchev–Trinajstić information content (AvgIpc) is 3.55. The molecule has 1 saturated heterocycles. The van der Waals surface area contributed by atoms with Crippen LogP contribution in [-0.4, -0.2) is 66.4 Å². The third kappa shape index (κ3) is 5.41. The summed E-state index contributed by atoms with van der Waals surface area (Å²) in [6, 6.07) is 8.38. The number of amides is 1. The van der Waals surface area contributed by atoms with E-state index in [0.717, 1.165) is 17.5 Å². The van der Waals surface area contributed by atoms with Crippen molar-refractivity contribution in [3.63, 3.8) is 0 Å². The summed E-state index contributed by atoms with van der Waals surface area (Å²) in [6.07, 6.45) is 4.74. The molecule has 5 rings (SSSR count). The van der Waals surface area contributed by atoms with Crippen molar-refractivity contribution in [2.24, 2.45) is 0 Å². The number of nitrogens with zero attached hydrogens (tertiary/aromatic N) is 6. The van der Waals surface area contributed by atoms with Crippen molar-refractivity contribution in [2.45, 2.75) is 44.8 Å². The Morgan fingerprint density at radius 3 is 2.56 bits per heavy atom. The van der Waals surface area contributed by atoms with E-state index >= 15 is 0 Å². The van der Waals surface area contributed by atoms with Crippen molar-refractivity contribution in [3.05, 3.63) is 54.1 Å². The van der Waals surface area contributed by atoms with Gasteiger partial charge in [0.05, 0.1) is 42.4 Å². The highest BCUT2D eigenvalue weighted by Gasteiger charge is 2.33. The minimum absolute atomic E-state index is 0.150. The predicted molar refractivity (Wildman–Crippen MR) is 137 cm³/mol. The summed E-state index contributed by atoms with van der Waals surface area (Å²) in [5.41, 5.74) is 1.97. The largest absolute Gasteiger partial charge is 0.466 e. The highest BCUT2D eigenvalue weighted by molar-refractivity contribution is 6.76. The maximum Gasteiger partial charge on any atom is 0.263 e. The zero-order valence-corrected chi connectivity index (χ0v) is 21.9. The third-order valence-corrected chi connectivity index (χ3v) is 8.03. The van der Waals surface area contributed by atoms with E-state index in [2.05, 4.69) is 34.7 Å². The molecule has 0 N–H and O–H groups in total. The van der Waals surface area contributed by atoms with Crippen LogP contribution < -0.4 is 14.5 Å². The quantitative estimate of drug-likeness (QED) is 0.244. The lowest BCUT2D eigenvalue weighted by atomic mass is 10.3. The minimum atomic E-state index is -1.12. The Morgan fingerprint density at radius 2 is 1.92 bits per heavy atom. The van der Waals surface area contributed by atoms with E-state index in [-0.39, 0.29) is 12.7 Å². The first-order valence-electron chi connectivity index (χ1n) is 12.2. The minimum Gasteiger partial charge on any atom is -0.466 e. The fraction of sp³-hybridized carbons (Fsp3) is 0.440. The molecule has 0 aromatic carbocycles. The Kier molecular flexibility index (Phi) is 6.76. The van der Waals surface area contributed by atoms with Crippen LogP contribution in [0.1, 0.15) is 22.5 Å². The number of carbonyl (C=O) groups excluding carboxylic acids is 1. The Balaban J connectivity index is 1.17. The van der Waals surface area contributed by atoms with Gasteiger partial charge in [-0.25, -0.2) is 19.0 Å². The topological polar surface area (TPSA) is 85.6 Å². The van der Waals surface area contributed by atoms with Gasteiger partial charge in [-0.1, -0.05) is 19.6 Å². The highest BCUT2D eigenvalue weighted by Crippen LogP contribution is 2.28. The van der Waals surface area contributed by atoms with Gasteiger partial charge in [-0.05, 0) is 36.7 Å². The van der Waals surface area contributed by atoms with Gasteiger partial charge in [0.2, 0.25) is 0 Å². The molecule has 1 atom stereocenters. The number of hydrogen-bond acceptors (Lipinski definition) is 7. The molecule has 0 aliphatic carbocycles. The number of ether oxygens (including phenoxy) is 2. The molecule has 2 aliphatic heterocycles. The molecule has 2 aliphatic rings. The van der Waals surface area contributed by atoms with E-state index in [9.17, 15) is 9.18 Å². The molecular weight excluding hydrogens is 479 g/mol. The standard InChI is InChI=1S/C25H31FN6O3Si/c1-36(2,3)11-10-34-17-35-20-5-7-24(28-13-20)31-16-22-21(25(31)33)15-32(29-22)19-4-6-23(27-12-19)30-9-8-18(26)14-30/h4-7,12-13,15,18H,8-11,14,16-17H2,1-3H3/t18-/m1/s1. The van der Waals surface area contributed by atoms with E-state index in [4.69, 9.17) is 9.47 Å². The lowest BCUT2D eigenvalue weighted by Crippen LogP contribution is -2.24. The first kappa shape index (κ1) is 24.4. The molecule has 0 spiro atoms. The number of rotatable bonds is 9. The smallest absolute Gasteiger partial charge is 0.263 e. The molecule has 1 fully saturated rings. The van der Waals surface area contributed by atoms with Gasteiger partial charge in [0, 0.05) is 27.4 Å². The Bertz CT molecular complexity index is 1210. The predicted octanol–water partition coefficient (Wildman–Crippen LogP) is 4.06. The van der Waals surface area contributed by atoms with Crippen molar-refractivity contribution < 1.29 is 18.7 Å². The summed E-state index contributed by atoms with van der Waals surface area (Å²) >= 11 is 0. The normalized spacial score (nSPS) is 17.7. The van der Waals surface area contributed by atoms with Crippen LogP contribution in [0.4, 0.5) is 16.0 Å². The molecule has 5 heterocycles. The first-order chi connectivity index (χ1) is 17.3. The number of pyridine rings is 2. The van der Waals surface area contributed by atoms with Gasteiger partial charge in [0.1, 0.15) is 23.6 Å². The second-order valence-corrected chi connectivity index (χ2v) is 16.0. The number of fused-ring (bicyclic) bond motifs is 1. The van der Waals surface area contributed by atoms with Gasteiger partial charge in [-0.3, -0.25) is 9.69 Å². The Labute approximate surface area is 210 Å². The summed E-state index contributed by atoms with van der Waals surface area (Å²) in [7, 11) is -1.12. The van der Waals surface area contributed by atoms with Crippen molar-refractivity contribution in [1.29, 1.82) is 0 Å². The van der Waals surface area contributed by atoms with E-state index in [1.165, 1.54) is 0 Å². The van der Waals surface area contributed by atoms with Crippen LogP contribution >= 0.6 is 0 Å².